The van der Waals surface area contributed by atoms with Crippen molar-refractivity contribution in [2.45, 2.75) is 27.1 Å². The van der Waals surface area contributed by atoms with Crippen molar-refractivity contribution in [3.63, 3.8) is 0 Å². The highest BCUT2D eigenvalue weighted by atomic mass is 16.5. The number of benzene rings is 3. The first kappa shape index (κ1) is 21.1. The predicted molar refractivity (Wildman–Crippen MR) is 131 cm³/mol. The summed E-state index contributed by atoms with van der Waals surface area (Å²) in [7, 11) is 0. The molecule has 1 aliphatic rings. The first-order valence-electron chi connectivity index (χ1n) is 11.3. The zero-order valence-electron chi connectivity index (χ0n) is 19.2. The molecule has 0 spiro atoms. The number of para-hydroxylation sites is 2. The minimum Gasteiger partial charge on any atom is -0.488 e. The standard InChI is InChI=1S/C27H22N4O4/c1-15-6-5-9-22-24(15)25(16(2)26-29-27(33)35-30-26)19-11-10-18(12-17(19)14-34-22)31-21-8-4-3-7-20(21)28-23(31)13-32/h3-12,32H,13-14H2,1-2H3,(H,29,30,33)/b25-16+. The van der Waals surface area contributed by atoms with E-state index in [9.17, 15) is 9.90 Å². The summed E-state index contributed by atoms with van der Waals surface area (Å²) in [6, 6.07) is 19.9. The molecule has 35 heavy (non-hydrogen) atoms. The van der Waals surface area contributed by atoms with Gasteiger partial charge in [-0.1, -0.05) is 35.5 Å². The molecule has 0 saturated carbocycles. The Morgan fingerprint density at radius 2 is 2.00 bits per heavy atom. The molecule has 8 nitrogen and oxygen atoms in total. The Morgan fingerprint density at radius 3 is 2.80 bits per heavy atom. The van der Waals surface area contributed by atoms with Crippen molar-refractivity contribution >= 4 is 22.2 Å². The molecule has 0 fully saturated rings. The largest absolute Gasteiger partial charge is 0.488 e. The smallest absolute Gasteiger partial charge is 0.439 e. The van der Waals surface area contributed by atoms with Crippen LogP contribution >= 0.6 is 0 Å². The lowest BCUT2D eigenvalue weighted by Gasteiger charge is -2.17. The number of aliphatic hydroxyl groups is 1. The Morgan fingerprint density at radius 1 is 1.14 bits per heavy atom. The van der Waals surface area contributed by atoms with Crippen LogP contribution in [0.5, 0.6) is 5.75 Å². The third-order valence-electron chi connectivity index (χ3n) is 6.43. The molecule has 0 saturated heterocycles. The number of fused-ring (bicyclic) bond motifs is 3. The quantitative estimate of drug-likeness (QED) is 0.409. The maximum absolute atomic E-state index is 11.7. The van der Waals surface area contributed by atoms with Gasteiger partial charge >= 0.3 is 5.76 Å². The molecular formula is C27H22N4O4. The van der Waals surface area contributed by atoms with Gasteiger partial charge in [-0.2, -0.15) is 0 Å². The number of ether oxygens (including phenoxy) is 1. The van der Waals surface area contributed by atoms with Crippen molar-refractivity contribution < 1.29 is 14.4 Å². The zero-order chi connectivity index (χ0) is 24.1. The molecule has 0 aliphatic carbocycles. The Balaban J connectivity index is 1.61. The SMILES string of the molecule is C/C(=C1/c2ccc(-n3c(CO)nc4ccccc43)cc2COc2cccc(C)c21)c1noc(=O)[nH]1. The normalized spacial score (nSPS) is 14.3. The molecule has 0 amide bonds. The summed E-state index contributed by atoms with van der Waals surface area (Å²) in [5, 5.41) is 13.9. The summed E-state index contributed by atoms with van der Waals surface area (Å²) in [5.74, 6) is 1.09. The molecule has 8 heteroatoms. The molecule has 2 N–H and O–H groups in total. The van der Waals surface area contributed by atoms with Gasteiger partial charge < -0.3 is 9.84 Å². The van der Waals surface area contributed by atoms with Gasteiger partial charge in [-0.3, -0.25) is 14.1 Å². The molecule has 0 unspecified atom stereocenters. The van der Waals surface area contributed by atoms with Gasteiger partial charge in [0.25, 0.3) is 0 Å². The Labute approximate surface area is 200 Å². The summed E-state index contributed by atoms with van der Waals surface area (Å²) in [6.07, 6.45) is 0. The van der Waals surface area contributed by atoms with E-state index in [1.54, 1.807) is 0 Å². The predicted octanol–water partition coefficient (Wildman–Crippen LogP) is 4.37. The maximum atomic E-state index is 11.7. The second kappa shape index (κ2) is 8.11. The number of rotatable bonds is 3. The van der Waals surface area contributed by atoms with Gasteiger partial charge in [-0.25, -0.2) is 9.78 Å². The summed E-state index contributed by atoms with van der Waals surface area (Å²) in [5.41, 5.74) is 8.22. The van der Waals surface area contributed by atoms with Gasteiger partial charge in [-0.05, 0) is 66.4 Å². The highest BCUT2D eigenvalue weighted by molar-refractivity contribution is 6.00. The molecule has 0 bridgehead atoms. The van der Waals surface area contributed by atoms with Crippen molar-refractivity contribution in [2.75, 3.05) is 0 Å². The highest BCUT2D eigenvalue weighted by Gasteiger charge is 2.25. The number of H-pyrrole nitrogens is 1. The summed E-state index contributed by atoms with van der Waals surface area (Å²) in [4.78, 5) is 18.9. The van der Waals surface area contributed by atoms with E-state index in [1.807, 2.05) is 73.0 Å². The number of hydrogen-bond acceptors (Lipinski definition) is 6. The first-order chi connectivity index (χ1) is 17.0. The van der Waals surface area contributed by atoms with Crippen molar-refractivity contribution in [3.05, 3.63) is 105 Å². The molecule has 174 valence electrons. The number of hydrogen-bond donors (Lipinski definition) is 2. The lowest BCUT2D eigenvalue weighted by Crippen LogP contribution is -2.04. The second-order valence-corrected chi connectivity index (χ2v) is 8.53. The summed E-state index contributed by atoms with van der Waals surface area (Å²) >= 11 is 0. The van der Waals surface area contributed by atoms with Gasteiger partial charge in [0.05, 0.1) is 11.0 Å². The van der Waals surface area contributed by atoms with E-state index in [1.165, 1.54) is 0 Å². The third-order valence-corrected chi connectivity index (χ3v) is 6.43. The first-order valence-corrected chi connectivity index (χ1v) is 11.3. The number of allylic oxidation sites excluding steroid dienone is 1. The van der Waals surface area contributed by atoms with Crippen LogP contribution in [0.1, 0.15) is 40.8 Å². The van der Waals surface area contributed by atoms with Crippen molar-refractivity contribution in [1.82, 2.24) is 19.7 Å². The number of aliphatic hydroxyl groups excluding tert-OH is 1. The average Bonchev–Trinajstić information content (AvgIpc) is 3.43. The molecule has 3 heterocycles. The Bertz CT molecular complexity index is 1690. The number of aryl methyl sites for hydroxylation is 1. The van der Waals surface area contributed by atoms with Gasteiger partial charge in [-0.15, -0.1) is 0 Å². The number of nitrogens with one attached hydrogen (secondary N) is 1. The van der Waals surface area contributed by atoms with E-state index >= 15 is 0 Å². The summed E-state index contributed by atoms with van der Waals surface area (Å²) in [6.45, 7) is 4.12. The molecule has 5 aromatic rings. The minimum absolute atomic E-state index is 0.184. The monoisotopic (exact) mass is 466 g/mol. The summed E-state index contributed by atoms with van der Waals surface area (Å²) < 4.78 is 13.0. The lowest BCUT2D eigenvalue weighted by atomic mass is 9.88. The van der Waals surface area contributed by atoms with Crippen LogP contribution in [-0.4, -0.2) is 24.8 Å². The fourth-order valence-electron chi connectivity index (χ4n) is 4.82. The van der Waals surface area contributed by atoms with Crippen LogP contribution in [-0.2, 0) is 13.2 Å². The molecule has 0 radical (unpaired) electrons. The molecule has 2 aromatic heterocycles. The Hall–Kier alpha value is -4.43. The van der Waals surface area contributed by atoms with E-state index in [4.69, 9.17) is 9.26 Å². The van der Waals surface area contributed by atoms with E-state index in [2.05, 4.69) is 21.2 Å². The van der Waals surface area contributed by atoms with Crippen molar-refractivity contribution in [3.8, 4) is 11.4 Å². The van der Waals surface area contributed by atoms with Crippen LogP contribution in [0.3, 0.4) is 0 Å². The van der Waals surface area contributed by atoms with E-state index < -0.39 is 5.76 Å². The third kappa shape index (κ3) is 3.38. The lowest BCUT2D eigenvalue weighted by molar-refractivity contribution is 0.270. The zero-order valence-corrected chi connectivity index (χ0v) is 19.2. The van der Waals surface area contributed by atoms with Crippen LogP contribution in [0.15, 0.2) is 70.0 Å². The van der Waals surface area contributed by atoms with Gasteiger partial charge in [0.15, 0.2) is 5.82 Å². The van der Waals surface area contributed by atoms with Crippen LogP contribution in [0.2, 0.25) is 0 Å². The highest BCUT2D eigenvalue weighted by Crippen LogP contribution is 2.42. The van der Waals surface area contributed by atoms with Gasteiger partial charge in [0, 0.05) is 16.8 Å². The van der Waals surface area contributed by atoms with E-state index in [0.717, 1.165) is 55.9 Å². The molecule has 6 rings (SSSR count). The molecule has 1 aliphatic heterocycles. The fraction of sp³-hybridized carbons (Fsp3) is 0.148. The van der Waals surface area contributed by atoms with Crippen LogP contribution < -0.4 is 10.5 Å². The average molecular weight is 466 g/mol. The maximum Gasteiger partial charge on any atom is 0.439 e. The van der Waals surface area contributed by atoms with E-state index in [-0.39, 0.29) is 6.61 Å². The van der Waals surface area contributed by atoms with Crippen molar-refractivity contribution in [1.29, 1.82) is 0 Å². The number of imidazole rings is 1. The van der Waals surface area contributed by atoms with E-state index in [0.29, 0.717) is 18.3 Å². The van der Waals surface area contributed by atoms with Gasteiger partial charge in [0.1, 0.15) is 24.8 Å². The molecular weight excluding hydrogens is 444 g/mol. The molecule has 3 aromatic carbocycles. The number of aromatic amines is 1. The van der Waals surface area contributed by atoms with Crippen molar-refractivity contribution in [2.24, 2.45) is 0 Å². The number of nitrogens with zero attached hydrogens (tertiary/aromatic N) is 3. The molecule has 0 atom stereocenters. The fourth-order valence-corrected chi connectivity index (χ4v) is 4.82. The van der Waals surface area contributed by atoms with Crippen LogP contribution in [0, 0.1) is 6.92 Å². The number of aromatic nitrogens is 4. The second-order valence-electron chi connectivity index (χ2n) is 8.53. The van der Waals surface area contributed by atoms with Gasteiger partial charge in [0.2, 0.25) is 0 Å². The Kier molecular flexibility index (Phi) is 4.89. The topological polar surface area (TPSA) is 106 Å². The van der Waals surface area contributed by atoms with Crippen LogP contribution in [0.25, 0.3) is 27.9 Å². The minimum atomic E-state index is -0.603. The van der Waals surface area contributed by atoms with Crippen LogP contribution in [0.4, 0.5) is 0 Å².